The minimum Gasteiger partial charge on any atom is -0.383 e. The van der Waals surface area contributed by atoms with Crippen LogP contribution in [-0.2, 0) is 12.1 Å². The maximum atomic E-state index is 13.5. The van der Waals surface area contributed by atoms with Gasteiger partial charge in [0.1, 0.15) is 29.9 Å². The van der Waals surface area contributed by atoms with Crippen LogP contribution >= 0.6 is 0 Å². The van der Waals surface area contributed by atoms with Crippen molar-refractivity contribution < 1.29 is 13.9 Å². The molecular formula is C11H11F2N3O. The zero-order chi connectivity index (χ0) is 12.5. The van der Waals surface area contributed by atoms with Crippen molar-refractivity contribution in [3.63, 3.8) is 0 Å². The van der Waals surface area contributed by atoms with Gasteiger partial charge in [0, 0.05) is 11.6 Å². The molecule has 1 aromatic carbocycles. The quantitative estimate of drug-likeness (QED) is 0.882. The lowest BCUT2D eigenvalue weighted by Gasteiger charge is -2.23. The summed E-state index contributed by atoms with van der Waals surface area (Å²) in [6.07, 6.45) is 2.73. The predicted molar refractivity (Wildman–Crippen MR) is 56.0 cm³/mol. The van der Waals surface area contributed by atoms with E-state index in [1.54, 1.807) is 0 Å². The van der Waals surface area contributed by atoms with Gasteiger partial charge in [-0.3, -0.25) is 0 Å². The van der Waals surface area contributed by atoms with Crippen LogP contribution in [0.3, 0.4) is 0 Å². The lowest BCUT2D eigenvalue weighted by atomic mass is 9.95. The maximum Gasteiger partial charge on any atom is 0.137 e. The van der Waals surface area contributed by atoms with Gasteiger partial charge in [0.25, 0.3) is 0 Å². The van der Waals surface area contributed by atoms with Gasteiger partial charge in [0.15, 0.2) is 0 Å². The standard InChI is InChI=1S/C11H11F2N3O/c1-11(17,5-16-7-14-6-15-16)9-3-2-8(12)4-10(9)13/h2-4,6-7,17H,5H2,1H3. The lowest BCUT2D eigenvalue weighted by molar-refractivity contribution is 0.0309. The van der Waals surface area contributed by atoms with E-state index in [2.05, 4.69) is 10.1 Å². The average Bonchev–Trinajstić information content (AvgIpc) is 2.68. The van der Waals surface area contributed by atoms with Crippen molar-refractivity contribution in [2.24, 2.45) is 0 Å². The molecule has 17 heavy (non-hydrogen) atoms. The van der Waals surface area contributed by atoms with E-state index in [9.17, 15) is 13.9 Å². The molecule has 90 valence electrons. The normalized spacial score (nSPS) is 14.6. The first kappa shape index (κ1) is 11.7. The number of hydrogen-bond acceptors (Lipinski definition) is 3. The van der Waals surface area contributed by atoms with E-state index in [1.165, 1.54) is 30.3 Å². The summed E-state index contributed by atoms with van der Waals surface area (Å²) < 4.78 is 27.7. The van der Waals surface area contributed by atoms with Crippen molar-refractivity contribution in [2.45, 2.75) is 19.1 Å². The molecule has 4 nitrogen and oxygen atoms in total. The second-order valence-electron chi connectivity index (χ2n) is 3.99. The number of aromatic nitrogens is 3. The molecular weight excluding hydrogens is 228 g/mol. The zero-order valence-corrected chi connectivity index (χ0v) is 9.14. The van der Waals surface area contributed by atoms with Crippen molar-refractivity contribution in [1.29, 1.82) is 0 Å². The van der Waals surface area contributed by atoms with Gasteiger partial charge < -0.3 is 5.11 Å². The van der Waals surface area contributed by atoms with Crippen LogP contribution in [0.5, 0.6) is 0 Å². The fourth-order valence-corrected chi connectivity index (χ4v) is 1.64. The molecule has 2 aromatic rings. The third-order valence-corrected chi connectivity index (χ3v) is 2.45. The average molecular weight is 239 g/mol. The molecule has 1 heterocycles. The summed E-state index contributed by atoms with van der Waals surface area (Å²) in [5.41, 5.74) is -1.46. The highest BCUT2D eigenvalue weighted by Crippen LogP contribution is 2.25. The highest BCUT2D eigenvalue weighted by molar-refractivity contribution is 5.24. The van der Waals surface area contributed by atoms with Crippen LogP contribution in [0.25, 0.3) is 0 Å². The molecule has 0 radical (unpaired) electrons. The Morgan fingerprint density at radius 3 is 2.76 bits per heavy atom. The minimum absolute atomic E-state index is 0.0226. The van der Waals surface area contributed by atoms with E-state index in [0.717, 1.165) is 12.1 Å². The minimum atomic E-state index is -1.48. The second-order valence-corrected chi connectivity index (χ2v) is 3.99. The Bertz CT molecular complexity index is 511. The largest absolute Gasteiger partial charge is 0.383 e. The predicted octanol–water partition coefficient (Wildman–Crippen LogP) is 1.46. The third kappa shape index (κ3) is 2.47. The molecule has 1 atom stereocenters. The lowest BCUT2D eigenvalue weighted by Crippen LogP contribution is -2.29. The molecule has 0 aliphatic carbocycles. The summed E-state index contributed by atoms with van der Waals surface area (Å²) >= 11 is 0. The Hall–Kier alpha value is -1.82. The summed E-state index contributed by atoms with van der Waals surface area (Å²) in [5, 5.41) is 14.0. The molecule has 2 rings (SSSR count). The first-order chi connectivity index (χ1) is 7.99. The van der Waals surface area contributed by atoms with E-state index >= 15 is 0 Å². The molecule has 0 aliphatic heterocycles. The van der Waals surface area contributed by atoms with Crippen molar-refractivity contribution in [3.05, 3.63) is 48.1 Å². The van der Waals surface area contributed by atoms with Crippen molar-refractivity contribution in [2.75, 3.05) is 0 Å². The third-order valence-electron chi connectivity index (χ3n) is 2.45. The van der Waals surface area contributed by atoms with E-state index in [0.29, 0.717) is 0 Å². The molecule has 6 heteroatoms. The van der Waals surface area contributed by atoms with Crippen LogP contribution in [0.15, 0.2) is 30.9 Å². The molecule has 0 saturated heterocycles. The van der Waals surface area contributed by atoms with Crippen LogP contribution in [0.2, 0.25) is 0 Å². The molecule has 0 fully saturated rings. The van der Waals surface area contributed by atoms with Crippen LogP contribution < -0.4 is 0 Å². The molecule has 1 unspecified atom stereocenters. The van der Waals surface area contributed by atoms with Crippen molar-refractivity contribution >= 4 is 0 Å². The topological polar surface area (TPSA) is 50.9 Å². The van der Waals surface area contributed by atoms with Crippen LogP contribution in [0, 0.1) is 11.6 Å². The number of aliphatic hydroxyl groups is 1. The van der Waals surface area contributed by atoms with Gasteiger partial charge >= 0.3 is 0 Å². The van der Waals surface area contributed by atoms with Crippen LogP contribution in [0.1, 0.15) is 12.5 Å². The molecule has 1 N–H and O–H groups in total. The maximum absolute atomic E-state index is 13.5. The van der Waals surface area contributed by atoms with E-state index in [-0.39, 0.29) is 12.1 Å². The van der Waals surface area contributed by atoms with E-state index in [4.69, 9.17) is 0 Å². The van der Waals surface area contributed by atoms with Crippen LogP contribution in [0.4, 0.5) is 8.78 Å². The summed E-state index contributed by atoms with van der Waals surface area (Å²) in [6.45, 7) is 1.47. The van der Waals surface area contributed by atoms with Gasteiger partial charge in [0.05, 0.1) is 6.54 Å². The highest BCUT2D eigenvalue weighted by atomic mass is 19.1. The first-order valence-electron chi connectivity index (χ1n) is 4.99. The number of rotatable bonds is 3. The number of halogens is 2. The number of nitrogens with zero attached hydrogens (tertiary/aromatic N) is 3. The first-order valence-corrected chi connectivity index (χ1v) is 4.99. The Morgan fingerprint density at radius 2 is 2.18 bits per heavy atom. The van der Waals surface area contributed by atoms with Crippen molar-refractivity contribution in [3.8, 4) is 0 Å². The highest BCUT2D eigenvalue weighted by Gasteiger charge is 2.27. The summed E-state index contributed by atoms with van der Waals surface area (Å²) in [6, 6.07) is 3.07. The van der Waals surface area contributed by atoms with Gasteiger partial charge in [-0.15, -0.1) is 0 Å². The zero-order valence-electron chi connectivity index (χ0n) is 9.14. The molecule has 0 bridgehead atoms. The Labute approximate surface area is 96.5 Å². The van der Waals surface area contributed by atoms with E-state index < -0.39 is 17.2 Å². The molecule has 0 amide bonds. The van der Waals surface area contributed by atoms with Gasteiger partial charge in [-0.25, -0.2) is 18.4 Å². The Morgan fingerprint density at radius 1 is 1.41 bits per heavy atom. The van der Waals surface area contributed by atoms with E-state index in [1.807, 2.05) is 0 Å². The number of benzene rings is 1. The van der Waals surface area contributed by atoms with Crippen molar-refractivity contribution in [1.82, 2.24) is 14.8 Å². The molecule has 0 aliphatic rings. The van der Waals surface area contributed by atoms with Gasteiger partial charge in [-0.1, -0.05) is 6.07 Å². The molecule has 0 spiro atoms. The van der Waals surface area contributed by atoms with Gasteiger partial charge in [0.2, 0.25) is 0 Å². The van der Waals surface area contributed by atoms with Gasteiger partial charge in [-0.05, 0) is 13.0 Å². The summed E-state index contributed by atoms with van der Waals surface area (Å²) in [4.78, 5) is 3.72. The summed E-state index contributed by atoms with van der Waals surface area (Å²) in [5.74, 6) is -1.46. The summed E-state index contributed by atoms with van der Waals surface area (Å²) in [7, 11) is 0. The fourth-order valence-electron chi connectivity index (χ4n) is 1.64. The SMILES string of the molecule is CC(O)(Cn1cncn1)c1ccc(F)cc1F. The molecule has 0 saturated carbocycles. The number of hydrogen-bond donors (Lipinski definition) is 1. The smallest absolute Gasteiger partial charge is 0.137 e. The second kappa shape index (κ2) is 4.21. The Balaban J connectivity index is 2.30. The van der Waals surface area contributed by atoms with Gasteiger partial charge in [-0.2, -0.15) is 5.10 Å². The fraction of sp³-hybridized carbons (Fsp3) is 0.273. The molecule has 1 aromatic heterocycles. The van der Waals surface area contributed by atoms with Crippen LogP contribution in [-0.4, -0.2) is 19.9 Å². The Kier molecular flexibility index (Phi) is 2.89. The monoisotopic (exact) mass is 239 g/mol.